The van der Waals surface area contributed by atoms with Gasteiger partial charge in [-0.25, -0.2) is 4.79 Å². The molecule has 0 aliphatic heterocycles. The minimum atomic E-state index is -1.21. The summed E-state index contributed by atoms with van der Waals surface area (Å²) in [5.41, 5.74) is 0.601. The van der Waals surface area contributed by atoms with Gasteiger partial charge in [-0.2, -0.15) is 5.26 Å². The minimum Gasteiger partial charge on any atom is -0.468 e. The molecule has 2 atom stereocenters. The number of nitrogens with zero attached hydrogens (tertiary/aromatic N) is 2. The third-order valence-electron chi connectivity index (χ3n) is 4.22. The number of hydrogen-bond donors (Lipinski definition) is 2. The molecule has 0 radical (unpaired) electrons. The highest BCUT2D eigenvalue weighted by molar-refractivity contribution is 5.93. The molecule has 0 saturated carbocycles. The van der Waals surface area contributed by atoms with Crippen LogP contribution in [0, 0.1) is 18.3 Å². The zero-order chi connectivity index (χ0) is 24.5. The summed E-state index contributed by atoms with van der Waals surface area (Å²) in [4.78, 5) is 50.7. The maximum absolute atomic E-state index is 13.1. The average molecular weight is 447 g/mol. The molecule has 0 aliphatic rings. The molecule has 1 aromatic rings. The van der Waals surface area contributed by atoms with Crippen molar-refractivity contribution in [2.24, 2.45) is 0 Å². The highest BCUT2D eigenvalue weighted by Crippen LogP contribution is 2.23. The fourth-order valence-electron chi connectivity index (χ4n) is 2.72. The largest absolute Gasteiger partial charge is 0.468 e. The summed E-state index contributed by atoms with van der Waals surface area (Å²) in [5.74, 6) is -2.01. The molecule has 3 amide bonds. The number of nitrogens with one attached hydrogen (secondary N) is 2. The van der Waals surface area contributed by atoms with E-state index in [1.807, 2.05) is 13.0 Å². The Morgan fingerprint density at radius 1 is 1.16 bits per heavy atom. The van der Waals surface area contributed by atoms with Crippen LogP contribution in [0.4, 0.5) is 4.79 Å². The fraction of sp³-hybridized carbons (Fsp3) is 0.500. The van der Waals surface area contributed by atoms with E-state index in [0.717, 1.165) is 10.5 Å². The van der Waals surface area contributed by atoms with Gasteiger partial charge < -0.3 is 25.0 Å². The predicted octanol–water partition coefficient (Wildman–Crippen LogP) is 1.59. The summed E-state index contributed by atoms with van der Waals surface area (Å²) in [6.45, 7) is 7.50. The first-order valence-electron chi connectivity index (χ1n) is 9.97. The Balaban J connectivity index is 3.22. The first kappa shape index (κ1) is 26.4. The smallest absolute Gasteiger partial charge is 0.408 e. The lowest BCUT2D eigenvalue weighted by Crippen LogP contribution is -2.52. The van der Waals surface area contributed by atoms with E-state index in [4.69, 9.17) is 4.74 Å². The average Bonchev–Trinajstić information content (AvgIpc) is 2.70. The van der Waals surface area contributed by atoms with Crippen molar-refractivity contribution in [3.8, 4) is 6.07 Å². The Kier molecular flexibility index (Phi) is 9.66. The van der Waals surface area contributed by atoms with E-state index >= 15 is 0 Å². The van der Waals surface area contributed by atoms with Crippen LogP contribution < -0.4 is 10.6 Å². The summed E-state index contributed by atoms with van der Waals surface area (Å²) >= 11 is 0. The van der Waals surface area contributed by atoms with Gasteiger partial charge in [0.25, 0.3) is 0 Å². The monoisotopic (exact) mass is 446 g/mol. The van der Waals surface area contributed by atoms with Crippen molar-refractivity contribution in [3.63, 3.8) is 0 Å². The van der Waals surface area contributed by atoms with E-state index in [1.54, 1.807) is 45.0 Å². The van der Waals surface area contributed by atoms with E-state index in [0.29, 0.717) is 5.56 Å². The van der Waals surface area contributed by atoms with Crippen molar-refractivity contribution >= 4 is 23.9 Å². The van der Waals surface area contributed by atoms with Crippen LogP contribution in [-0.4, -0.2) is 60.6 Å². The molecule has 0 aromatic heterocycles. The SMILES string of the molecule is COC(=O)CNC(=O)C(c1ccc(C)cc1)N(CC#N)C(=O)C(C)NC(=O)OC(C)(C)C. The quantitative estimate of drug-likeness (QED) is 0.457. The van der Waals surface area contributed by atoms with Crippen LogP contribution in [0.25, 0.3) is 0 Å². The molecule has 32 heavy (non-hydrogen) atoms. The third-order valence-corrected chi connectivity index (χ3v) is 4.22. The molecule has 0 saturated heterocycles. The number of methoxy groups -OCH3 is 1. The maximum Gasteiger partial charge on any atom is 0.408 e. The zero-order valence-corrected chi connectivity index (χ0v) is 19.2. The summed E-state index contributed by atoms with van der Waals surface area (Å²) < 4.78 is 9.70. The number of benzene rings is 1. The van der Waals surface area contributed by atoms with Crippen molar-refractivity contribution < 1.29 is 28.7 Å². The number of nitriles is 1. The molecular formula is C22H30N4O6. The highest BCUT2D eigenvalue weighted by Gasteiger charge is 2.34. The molecule has 10 nitrogen and oxygen atoms in total. The van der Waals surface area contributed by atoms with Gasteiger partial charge in [0.15, 0.2) is 0 Å². The van der Waals surface area contributed by atoms with E-state index in [1.165, 1.54) is 14.0 Å². The van der Waals surface area contributed by atoms with Gasteiger partial charge >= 0.3 is 12.1 Å². The topological polar surface area (TPSA) is 138 Å². The first-order valence-corrected chi connectivity index (χ1v) is 9.97. The number of aryl methyl sites for hydroxylation is 1. The van der Waals surface area contributed by atoms with Crippen LogP contribution >= 0.6 is 0 Å². The zero-order valence-electron chi connectivity index (χ0n) is 19.2. The van der Waals surface area contributed by atoms with E-state index in [9.17, 15) is 24.4 Å². The van der Waals surface area contributed by atoms with Gasteiger partial charge in [-0.15, -0.1) is 0 Å². The lowest BCUT2D eigenvalue weighted by atomic mass is 10.0. The first-order chi connectivity index (χ1) is 14.9. The number of amides is 3. The van der Waals surface area contributed by atoms with E-state index in [-0.39, 0.29) is 0 Å². The van der Waals surface area contributed by atoms with Crippen molar-refractivity contribution in [1.82, 2.24) is 15.5 Å². The van der Waals surface area contributed by atoms with Gasteiger partial charge in [-0.1, -0.05) is 29.8 Å². The normalized spacial score (nSPS) is 12.5. The lowest BCUT2D eigenvalue weighted by Gasteiger charge is -2.31. The Morgan fingerprint density at radius 2 is 1.75 bits per heavy atom. The standard InChI is InChI=1S/C22H30N4O6/c1-14-7-9-16(10-8-14)18(19(28)24-13-17(27)31-6)26(12-11-23)20(29)15(2)25-21(30)32-22(3,4)5/h7-10,15,18H,12-13H2,1-6H3,(H,24,28)(H,25,30). The van der Waals surface area contributed by atoms with Crippen LogP contribution in [0.3, 0.4) is 0 Å². The number of alkyl carbamates (subject to hydrolysis) is 1. The molecule has 0 heterocycles. The Labute approximate surface area is 187 Å². The van der Waals surface area contributed by atoms with Gasteiger partial charge in [0.2, 0.25) is 11.8 Å². The fourth-order valence-corrected chi connectivity index (χ4v) is 2.72. The number of ether oxygens (including phenoxy) is 2. The van der Waals surface area contributed by atoms with Gasteiger partial charge in [-0.05, 0) is 40.2 Å². The molecule has 0 bridgehead atoms. The number of rotatable bonds is 8. The summed E-state index contributed by atoms with van der Waals surface area (Å²) in [7, 11) is 1.18. The van der Waals surface area contributed by atoms with Crippen molar-refractivity contribution in [2.75, 3.05) is 20.2 Å². The van der Waals surface area contributed by atoms with Crippen LogP contribution in [0.5, 0.6) is 0 Å². The van der Waals surface area contributed by atoms with Crippen LogP contribution in [-0.2, 0) is 23.9 Å². The minimum absolute atomic E-state index is 0.405. The maximum atomic E-state index is 13.1. The predicted molar refractivity (Wildman–Crippen MR) is 115 cm³/mol. The van der Waals surface area contributed by atoms with Crippen molar-refractivity contribution in [3.05, 3.63) is 35.4 Å². The second-order valence-electron chi connectivity index (χ2n) is 8.10. The number of hydrogen-bond acceptors (Lipinski definition) is 7. The number of carbonyl (C=O) groups excluding carboxylic acids is 4. The van der Waals surface area contributed by atoms with E-state index in [2.05, 4.69) is 15.4 Å². The Hall–Kier alpha value is -3.61. The van der Waals surface area contributed by atoms with Gasteiger partial charge in [0.05, 0.1) is 13.2 Å². The number of esters is 1. The Bertz CT molecular complexity index is 870. The van der Waals surface area contributed by atoms with E-state index < -0.39 is 54.7 Å². The van der Waals surface area contributed by atoms with Gasteiger partial charge in [0.1, 0.15) is 30.8 Å². The molecule has 174 valence electrons. The molecule has 2 N–H and O–H groups in total. The van der Waals surface area contributed by atoms with Crippen molar-refractivity contribution in [2.45, 2.75) is 52.3 Å². The van der Waals surface area contributed by atoms with Crippen molar-refractivity contribution in [1.29, 1.82) is 5.26 Å². The second kappa shape index (κ2) is 11.7. The molecule has 0 spiro atoms. The van der Waals surface area contributed by atoms with Gasteiger partial charge in [-0.3, -0.25) is 14.4 Å². The number of carbonyl (C=O) groups is 4. The third kappa shape index (κ3) is 8.26. The van der Waals surface area contributed by atoms with Crippen LogP contribution in [0.15, 0.2) is 24.3 Å². The highest BCUT2D eigenvalue weighted by atomic mass is 16.6. The molecule has 1 aromatic carbocycles. The van der Waals surface area contributed by atoms with Crippen LogP contribution in [0.1, 0.15) is 44.9 Å². The summed E-state index contributed by atoms with van der Waals surface area (Å²) in [5, 5.41) is 14.2. The molecule has 0 fully saturated rings. The summed E-state index contributed by atoms with van der Waals surface area (Å²) in [6.07, 6.45) is -0.808. The molecule has 0 aliphatic carbocycles. The molecule has 10 heteroatoms. The lowest BCUT2D eigenvalue weighted by molar-refractivity contribution is -0.144. The Morgan fingerprint density at radius 3 is 2.25 bits per heavy atom. The summed E-state index contributed by atoms with van der Waals surface area (Å²) in [6, 6.07) is 6.40. The van der Waals surface area contributed by atoms with Crippen LogP contribution in [0.2, 0.25) is 0 Å². The second-order valence-corrected chi connectivity index (χ2v) is 8.10. The molecule has 2 unspecified atom stereocenters. The van der Waals surface area contributed by atoms with Gasteiger partial charge in [0, 0.05) is 0 Å². The molecular weight excluding hydrogens is 416 g/mol. The molecule has 1 rings (SSSR count).